The molecule has 0 aromatic carbocycles. The Labute approximate surface area is 108 Å². The molecule has 1 rings (SSSR count). The van der Waals surface area contributed by atoms with Crippen LogP contribution in [0.4, 0.5) is 32.0 Å². The smallest absolute Gasteiger partial charge is 0.387 e. The average Bonchev–Trinajstić information content (AvgIpc) is 2.11. The van der Waals surface area contributed by atoms with Crippen LogP contribution in [0, 0.1) is 10.1 Å². The van der Waals surface area contributed by atoms with Crippen molar-refractivity contribution in [1.82, 2.24) is 4.98 Å². The van der Waals surface area contributed by atoms with Crippen molar-refractivity contribution in [3.05, 3.63) is 26.3 Å². The van der Waals surface area contributed by atoms with E-state index < -0.39 is 39.1 Å². The fourth-order valence-electron chi connectivity index (χ4n) is 1.02. The van der Waals surface area contributed by atoms with E-state index in [9.17, 15) is 36.5 Å². The van der Waals surface area contributed by atoms with Gasteiger partial charge in [-0.05, 0) is 15.9 Å². The molecule has 0 bridgehead atoms. The summed E-state index contributed by atoms with van der Waals surface area (Å²) >= 11 is 2.23. The molecule has 12 heteroatoms. The quantitative estimate of drug-likeness (QED) is 0.461. The Kier molecular flexibility index (Phi) is 3.93. The molecule has 0 fully saturated rings. The molecule has 19 heavy (non-hydrogen) atoms. The lowest BCUT2D eigenvalue weighted by molar-refractivity contribution is -0.386. The maximum Gasteiger partial charge on any atom is 0.574 e. The van der Waals surface area contributed by atoms with Gasteiger partial charge < -0.3 is 4.74 Å². The number of ether oxygens (including phenoxy) is 1. The number of pyridine rings is 1. The Bertz CT molecular complexity index is 515. The number of aromatic nitrogens is 1. The van der Waals surface area contributed by atoms with Gasteiger partial charge in [0.2, 0.25) is 5.88 Å². The molecule has 0 N–H and O–H groups in total. The third kappa shape index (κ3) is 3.68. The topological polar surface area (TPSA) is 65.3 Å². The maximum atomic E-state index is 12.6. The van der Waals surface area contributed by atoms with E-state index >= 15 is 0 Å². The highest BCUT2D eigenvalue weighted by Crippen LogP contribution is 2.44. The molecule has 106 valence electrons. The normalized spacial score (nSPS) is 12.4. The van der Waals surface area contributed by atoms with Gasteiger partial charge in [0.05, 0.1) is 4.92 Å². The third-order valence-electron chi connectivity index (χ3n) is 1.65. The number of halogens is 7. The van der Waals surface area contributed by atoms with Gasteiger partial charge in [-0.15, -0.1) is 13.2 Å². The summed E-state index contributed by atoms with van der Waals surface area (Å²) in [6, 6.07) is 0. The minimum absolute atomic E-state index is 0.223. The van der Waals surface area contributed by atoms with Gasteiger partial charge in [-0.25, -0.2) is 4.98 Å². The minimum Gasteiger partial charge on any atom is -0.387 e. The van der Waals surface area contributed by atoms with Gasteiger partial charge in [-0.3, -0.25) is 10.1 Å². The van der Waals surface area contributed by atoms with Crippen molar-refractivity contribution in [2.24, 2.45) is 0 Å². The van der Waals surface area contributed by atoms with Gasteiger partial charge in [0.1, 0.15) is 16.2 Å². The molecule has 0 atom stereocenters. The Morgan fingerprint density at radius 1 is 1.26 bits per heavy atom. The highest BCUT2D eigenvalue weighted by Gasteiger charge is 2.44. The van der Waals surface area contributed by atoms with E-state index in [0.717, 1.165) is 0 Å². The second kappa shape index (κ2) is 4.83. The molecule has 1 aromatic rings. The maximum absolute atomic E-state index is 12.6. The predicted molar refractivity (Wildman–Crippen MR) is 50.3 cm³/mol. The van der Waals surface area contributed by atoms with E-state index in [0.29, 0.717) is 0 Å². The Morgan fingerprint density at radius 3 is 2.16 bits per heavy atom. The lowest BCUT2D eigenvalue weighted by Gasteiger charge is -2.15. The molecule has 0 radical (unpaired) electrons. The SMILES string of the molecule is O=[N+]([O-])c1cnc(OC(F)(F)F)c(C(F)(F)F)c1Br. The summed E-state index contributed by atoms with van der Waals surface area (Å²) in [5.74, 6) is -1.82. The lowest BCUT2D eigenvalue weighted by atomic mass is 10.2. The van der Waals surface area contributed by atoms with E-state index in [2.05, 4.69) is 25.7 Å². The van der Waals surface area contributed by atoms with Crippen LogP contribution in [-0.2, 0) is 6.18 Å². The van der Waals surface area contributed by atoms with E-state index in [-0.39, 0.29) is 6.20 Å². The highest BCUT2D eigenvalue weighted by atomic mass is 79.9. The Balaban J connectivity index is 3.50. The van der Waals surface area contributed by atoms with Gasteiger partial charge in [0.25, 0.3) is 0 Å². The number of nitro groups is 1. The van der Waals surface area contributed by atoms with Gasteiger partial charge in [-0.1, -0.05) is 0 Å². The summed E-state index contributed by atoms with van der Waals surface area (Å²) in [5, 5.41) is 10.4. The Morgan fingerprint density at radius 2 is 1.79 bits per heavy atom. The Hall–Kier alpha value is -1.59. The number of hydrogen-bond donors (Lipinski definition) is 0. The van der Waals surface area contributed by atoms with Gasteiger partial charge >= 0.3 is 18.2 Å². The summed E-state index contributed by atoms with van der Waals surface area (Å²) in [6.07, 6.45) is -10.5. The van der Waals surface area contributed by atoms with Crippen molar-refractivity contribution in [3.63, 3.8) is 0 Å². The summed E-state index contributed by atoms with van der Waals surface area (Å²) < 4.78 is 75.4. The molecule has 0 aliphatic rings. The molecular formula is C7HBrF6N2O3. The first-order chi connectivity index (χ1) is 8.43. The van der Waals surface area contributed by atoms with E-state index in [4.69, 9.17) is 0 Å². The van der Waals surface area contributed by atoms with Crippen molar-refractivity contribution in [2.75, 3.05) is 0 Å². The predicted octanol–water partition coefficient (Wildman–Crippen LogP) is 3.67. The van der Waals surface area contributed by atoms with Crippen LogP contribution in [0.2, 0.25) is 0 Å². The summed E-state index contributed by atoms with van der Waals surface area (Å²) in [7, 11) is 0. The van der Waals surface area contributed by atoms with Crippen molar-refractivity contribution < 1.29 is 36.0 Å². The average molecular weight is 355 g/mol. The van der Waals surface area contributed by atoms with Crippen molar-refractivity contribution in [3.8, 4) is 5.88 Å². The second-order valence-corrected chi connectivity index (χ2v) is 3.73. The fraction of sp³-hybridized carbons (Fsp3) is 0.286. The molecule has 0 spiro atoms. The molecule has 0 amide bonds. The minimum atomic E-state index is -5.41. The van der Waals surface area contributed by atoms with Crippen LogP contribution in [0.3, 0.4) is 0 Å². The first-order valence-electron chi connectivity index (χ1n) is 4.09. The summed E-state index contributed by atoms with van der Waals surface area (Å²) in [4.78, 5) is 11.8. The van der Waals surface area contributed by atoms with E-state index in [1.165, 1.54) is 0 Å². The van der Waals surface area contributed by atoms with Crippen LogP contribution in [0.15, 0.2) is 10.7 Å². The van der Waals surface area contributed by atoms with Crippen LogP contribution in [0.25, 0.3) is 0 Å². The fourth-order valence-corrected chi connectivity index (χ4v) is 1.66. The third-order valence-corrected chi connectivity index (χ3v) is 2.46. The number of rotatable bonds is 2. The molecule has 0 unspecified atom stereocenters. The molecule has 1 aromatic heterocycles. The van der Waals surface area contributed by atoms with Crippen LogP contribution >= 0.6 is 15.9 Å². The number of nitrogens with zero attached hydrogens (tertiary/aromatic N) is 2. The number of hydrogen-bond acceptors (Lipinski definition) is 4. The van der Waals surface area contributed by atoms with Gasteiger partial charge in [0, 0.05) is 0 Å². The van der Waals surface area contributed by atoms with E-state index in [1.807, 2.05) is 0 Å². The molecular weight excluding hydrogens is 354 g/mol. The van der Waals surface area contributed by atoms with Gasteiger partial charge in [-0.2, -0.15) is 13.2 Å². The van der Waals surface area contributed by atoms with Crippen LogP contribution < -0.4 is 4.74 Å². The largest absolute Gasteiger partial charge is 0.574 e. The van der Waals surface area contributed by atoms with E-state index in [1.54, 1.807) is 0 Å². The first kappa shape index (κ1) is 15.5. The summed E-state index contributed by atoms with van der Waals surface area (Å²) in [5.41, 5.74) is -3.15. The molecule has 1 heterocycles. The second-order valence-electron chi connectivity index (χ2n) is 2.94. The zero-order valence-corrected chi connectivity index (χ0v) is 9.93. The number of alkyl halides is 6. The zero-order chi connectivity index (χ0) is 15.0. The van der Waals surface area contributed by atoms with Crippen LogP contribution in [0.1, 0.15) is 5.56 Å². The highest BCUT2D eigenvalue weighted by molar-refractivity contribution is 9.10. The van der Waals surface area contributed by atoms with Gasteiger partial charge in [0.15, 0.2) is 0 Å². The zero-order valence-electron chi connectivity index (χ0n) is 8.34. The molecule has 0 saturated heterocycles. The monoisotopic (exact) mass is 354 g/mol. The molecule has 0 aliphatic heterocycles. The molecule has 0 aliphatic carbocycles. The first-order valence-corrected chi connectivity index (χ1v) is 4.88. The van der Waals surface area contributed by atoms with Crippen LogP contribution in [-0.4, -0.2) is 16.3 Å². The molecule has 0 saturated carbocycles. The van der Waals surface area contributed by atoms with Crippen molar-refractivity contribution in [2.45, 2.75) is 12.5 Å². The lowest BCUT2D eigenvalue weighted by Crippen LogP contribution is -2.21. The standard InChI is InChI=1S/C7HBrF6N2O3/c8-4-2(16(17)18)1-15-5(19-7(12,13)14)3(4)6(9,10)11/h1H. The molecule has 5 nitrogen and oxygen atoms in total. The van der Waals surface area contributed by atoms with Crippen molar-refractivity contribution in [1.29, 1.82) is 0 Å². The summed E-state index contributed by atoms with van der Waals surface area (Å²) in [6.45, 7) is 0. The van der Waals surface area contributed by atoms with Crippen molar-refractivity contribution >= 4 is 21.6 Å². The van der Waals surface area contributed by atoms with Crippen LogP contribution in [0.5, 0.6) is 5.88 Å².